The highest BCUT2D eigenvalue weighted by Crippen LogP contribution is 2.33. The molecule has 3 nitrogen and oxygen atoms in total. The normalized spacial score (nSPS) is 36.1. The van der Waals surface area contributed by atoms with Crippen molar-refractivity contribution in [2.75, 3.05) is 0 Å². The summed E-state index contributed by atoms with van der Waals surface area (Å²) in [5.74, 6) is -0.897. The highest BCUT2D eigenvalue weighted by atomic mass is 31.0. The summed E-state index contributed by atoms with van der Waals surface area (Å²) in [7, 11) is 1.72. The molecule has 1 N–H and O–H groups in total. The molecule has 0 aliphatic heterocycles. The number of aliphatic hydroxyl groups is 1. The van der Waals surface area contributed by atoms with Gasteiger partial charge >= 0.3 is 5.97 Å². The second-order valence-corrected chi connectivity index (χ2v) is 3.36. The van der Waals surface area contributed by atoms with Crippen LogP contribution in [0.25, 0.3) is 0 Å². The largest absolute Gasteiger partial charge is 0.449 e. The van der Waals surface area contributed by atoms with Crippen LogP contribution in [0.2, 0.25) is 0 Å². The summed E-state index contributed by atoms with van der Waals surface area (Å²) in [5.41, 5.74) is -1.97. The molecule has 3 atom stereocenters. The topological polar surface area (TPSA) is 46.5 Å². The van der Waals surface area contributed by atoms with Crippen LogP contribution < -0.4 is 0 Å². The summed E-state index contributed by atoms with van der Waals surface area (Å²) in [6, 6.07) is 0. The van der Waals surface area contributed by atoms with Crippen molar-refractivity contribution in [1.29, 1.82) is 0 Å². The lowest BCUT2D eigenvalue weighted by molar-refractivity contribution is -0.151. The van der Waals surface area contributed by atoms with E-state index in [9.17, 15) is 9.18 Å². The molecular weight excluding hydrogens is 182 g/mol. The minimum atomic E-state index is -1.97. The molecule has 1 aliphatic rings. The second-order valence-electron chi connectivity index (χ2n) is 3.12. The number of hydrogen-bond donors (Lipinski definition) is 1. The number of aliphatic hydroxyl groups excluding tert-OH is 1. The molecule has 1 unspecified atom stereocenters. The zero-order chi connectivity index (χ0) is 9.19. The molecule has 5 heteroatoms. The first kappa shape index (κ1) is 9.87. The second kappa shape index (κ2) is 3.67. The van der Waals surface area contributed by atoms with Gasteiger partial charge in [0.1, 0.15) is 0 Å². The predicted octanol–water partition coefficient (Wildman–Crippen LogP) is 0.963. The number of hydrogen-bond acceptors (Lipinski definition) is 3. The van der Waals surface area contributed by atoms with Crippen molar-refractivity contribution in [3.05, 3.63) is 0 Å². The summed E-state index contributed by atoms with van der Waals surface area (Å²) in [6.07, 6.45) is 0.387. The average Bonchev–Trinajstić information content (AvgIpc) is 2.02. The van der Waals surface area contributed by atoms with E-state index >= 15 is 0 Å². The molecule has 70 valence electrons. The maximum Gasteiger partial charge on any atom is 0.346 e. The van der Waals surface area contributed by atoms with E-state index in [1.54, 1.807) is 9.47 Å². The van der Waals surface area contributed by atoms with Crippen LogP contribution in [0.1, 0.15) is 25.7 Å². The number of halogens is 1. The Labute approximate surface area is 72.6 Å². The fourth-order valence-corrected chi connectivity index (χ4v) is 1.70. The Hall–Kier alpha value is -0.210. The summed E-state index contributed by atoms with van der Waals surface area (Å²) >= 11 is 0. The van der Waals surface area contributed by atoms with Gasteiger partial charge in [0.05, 0.1) is 15.6 Å². The third-order valence-electron chi connectivity index (χ3n) is 2.14. The Morgan fingerprint density at radius 3 is 2.92 bits per heavy atom. The lowest BCUT2D eigenvalue weighted by atomic mass is 9.85. The van der Waals surface area contributed by atoms with E-state index in [2.05, 4.69) is 4.52 Å². The van der Waals surface area contributed by atoms with Crippen LogP contribution >= 0.6 is 9.47 Å². The predicted molar refractivity (Wildman–Crippen MR) is 44.1 cm³/mol. The van der Waals surface area contributed by atoms with Gasteiger partial charge in [-0.3, -0.25) is 0 Å². The van der Waals surface area contributed by atoms with Crippen molar-refractivity contribution >= 4 is 15.4 Å². The molecule has 0 saturated heterocycles. The summed E-state index contributed by atoms with van der Waals surface area (Å²) in [5, 5.41) is 9.13. The Bertz CT molecular complexity index is 187. The third kappa shape index (κ3) is 1.93. The molecule has 0 aromatic carbocycles. The molecule has 0 spiro atoms. The molecule has 12 heavy (non-hydrogen) atoms. The van der Waals surface area contributed by atoms with Crippen LogP contribution in [0.15, 0.2) is 0 Å². The smallest absolute Gasteiger partial charge is 0.346 e. The first-order valence-corrected chi connectivity index (χ1v) is 4.34. The first-order valence-electron chi connectivity index (χ1n) is 3.86. The third-order valence-corrected chi connectivity index (χ3v) is 2.36. The highest BCUT2D eigenvalue weighted by Gasteiger charge is 2.43. The van der Waals surface area contributed by atoms with Crippen molar-refractivity contribution in [2.24, 2.45) is 0 Å². The molecule has 0 aromatic rings. The lowest BCUT2D eigenvalue weighted by Gasteiger charge is -2.29. The van der Waals surface area contributed by atoms with Gasteiger partial charge in [0.15, 0.2) is 0 Å². The molecule has 0 aromatic heterocycles. The molecule has 1 aliphatic carbocycles. The van der Waals surface area contributed by atoms with Crippen LogP contribution in [0.4, 0.5) is 4.39 Å². The molecule has 0 bridgehead atoms. The first-order chi connectivity index (χ1) is 5.58. The zero-order valence-electron chi connectivity index (χ0n) is 6.62. The Morgan fingerprint density at radius 1 is 1.75 bits per heavy atom. The van der Waals surface area contributed by atoms with Gasteiger partial charge < -0.3 is 9.63 Å². The Morgan fingerprint density at radius 2 is 2.42 bits per heavy atom. The van der Waals surface area contributed by atoms with Crippen LogP contribution in [-0.4, -0.2) is 22.8 Å². The van der Waals surface area contributed by atoms with Crippen molar-refractivity contribution in [3.63, 3.8) is 0 Å². The van der Waals surface area contributed by atoms with Gasteiger partial charge in [-0.2, -0.15) is 0 Å². The Balaban J connectivity index is 2.63. The van der Waals surface area contributed by atoms with Crippen molar-refractivity contribution in [3.8, 4) is 0 Å². The number of carbonyl (C=O) groups excluding carboxylic acids is 1. The average molecular weight is 194 g/mol. The van der Waals surface area contributed by atoms with E-state index < -0.39 is 17.7 Å². The maximum atomic E-state index is 13.6. The van der Waals surface area contributed by atoms with Gasteiger partial charge in [-0.05, 0) is 19.3 Å². The molecule has 0 amide bonds. The molecule has 0 heterocycles. The van der Waals surface area contributed by atoms with E-state index in [0.717, 1.165) is 0 Å². The minimum absolute atomic E-state index is 0.139. The number of carbonyl (C=O) groups is 1. The molecule has 1 saturated carbocycles. The van der Waals surface area contributed by atoms with E-state index in [4.69, 9.17) is 5.11 Å². The summed E-state index contributed by atoms with van der Waals surface area (Å²) < 4.78 is 17.8. The summed E-state index contributed by atoms with van der Waals surface area (Å²) in [4.78, 5) is 10.9. The van der Waals surface area contributed by atoms with Gasteiger partial charge in [-0.1, -0.05) is 0 Å². The van der Waals surface area contributed by atoms with Gasteiger partial charge in [0.2, 0.25) is 5.67 Å². The molecule has 0 radical (unpaired) electrons. The van der Waals surface area contributed by atoms with Crippen LogP contribution in [0, 0.1) is 0 Å². The van der Waals surface area contributed by atoms with E-state index in [0.29, 0.717) is 12.8 Å². The molecular formula is C7H12FO3P. The number of alkyl halides is 1. The Kier molecular flexibility index (Phi) is 3.02. The van der Waals surface area contributed by atoms with Gasteiger partial charge in [0.25, 0.3) is 0 Å². The number of rotatable bonds is 1. The van der Waals surface area contributed by atoms with Crippen molar-refractivity contribution in [1.82, 2.24) is 0 Å². The summed E-state index contributed by atoms with van der Waals surface area (Å²) in [6.45, 7) is 0. The SMILES string of the molecule is O=C(OP)[C@@]1(F)CCC[C@@H](O)C1. The standard InChI is InChI=1S/C7H12FO3P/c8-7(6(10)11-12)3-1-2-5(9)4-7/h5,9H,1-4,12H2/t5-,7-/m1/s1. The van der Waals surface area contributed by atoms with E-state index in [1.807, 2.05) is 0 Å². The minimum Gasteiger partial charge on any atom is -0.449 e. The molecule has 1 fully saturated rings. The quantitative estimate of drug-likeness (QED) is 0.632. The zero-order valence-corrected chi connectivity index (χ0v) is 7.78. The van der Waals surface area contributed by atoms with Crippen molar-refractivity contribution in [2.45, 2.75) is 37.5 Å². The maximum absolute atomic E-state index is 13.6. The monoisotopic (exact) mass is 194 g/mol. The van der Waals surface area contributed by atoms with Crippen molar-refractivity contribution < 1.29 is 18.8 Å². The highest BCUT2D eigenvalue weighted by molar-refractivity contribution is 7.10. The van der Waals surface area contributed by atoms with E-state index in [1.165, 1.54) is 0 Å². The fraction of sp³-hybridized carbons (Fsp3) is 0.857. The lowest BCUT2D eigenvalue weighted by Crippen LogP contribution is -2.40. The fourth-order valence-electron chi connectivity index (χ4n) is 1.49. The van der Waals surface area contributed by atoms with Gasteiger partial charge in [-0.25, -0.2) is 9.18 Å². The van der Waals surface area contributed by atoms with Crippen LogP contribution in [0.3, 0.4) is 0 Å². The van der Waals surface area contributed by atoms with Crippen LogP contribution in [0.5, 0.6) is 0 Å². The van der Waals surface area contributed by atoms with E-state index in [-0.39, 0.29) is 12.8 Å². The van der Waals surface area contributed by atoms with Gasteiger partial charge in [0, 0.05) is 6.42 Å². The van der Waals surface area contributed by atoms with Crippen LogP contribution in [-0.2, 0) is 9.32 Å². The molecule has 1 rings (SSSR count). The van der Waals surface area contributed by atoms with Gasteiger partial charge in [-0.15, -0.1) is 0 Å².